The molecule has 1 fully saturated rings. The molecule has 2 aromatic rings. The highest BCUT2D eigenvalue weighted by Crippen LogP contribution is 2.32. The van der Waals surface area contributed by atoms with Gasteiger partial charge in [-0.05, 0) is 24.3 Å². The van der Waals surface area contributed by atoms with Gasteiger partial charge < -0.3 is 9.47 Å². The minimum absolute atomic E-state index is 0.119. The summed E-state index contributed by atoms with van der Waals surface area (Å²) in [5.41, 5.74) is -0.0602. The van der Waals surface area contributed by atoms with Crippen LogP contribution in [0.25, 0.3) is 0 Å². The first kappa shape index (κ1) is 20.5. The molecule has 0 bridgehead atoms. The number of rotatable bonds is 6. The normalized spacial score (nSPS) is 15.4. The summed E-state index contributed by atoms with van der Waals surface area (Å²) in [6.45, 7) is 0.742. The lowest BCUT2D eigenvalue weighted by molar-refractivity contribution is -0.386. The van der Waals surface area contributed by atoms with E-state index in [2.05, 4.69) is 0 Å². The van der Waals surface area contributed by atoms with E-state index in [0.29, 0.717) is 5.56 Å². The Balaban J connectivity index is 1.86. The summed E-state index contributed by atoms with van der Waals surface area (Å²) in [5.74, 6) is -0.635. The van der Waals surface area contributed by atoms with E-state index < -0.39 is 26.5 Å². The van der Waals surface area contributed by atoms with Gasteiger partial charge in [-0.1, -0.05) is 17.7 Å². The van der Waals surface area contributed by atoms with Gasteiger partial charge in [0.1, 0.15) is 12.4 Å². The average Bonchev–Trinajstić information content (AvgIpc) is 2.67. The van der Waals surface area contributed by atoms with E-state index in [1.165, 1.54) is 28.6 Å². The highest BCUT2D eigenvalue weighted by atomic mass is 35.5. The molecule has 0 unspecified atom stereocenters. The number of hydrogen-bond donors (Lipinski definition) is 0. The van der Waals surface area contributed by atoms with E-state index in [-0.39, 0.29) is 48.6 Å². The zero-order valence-electron chi connectivity index (χ0n) is 14.5. The van der Waals surface area contributed by atoms with Crippen molar-refractivity contribution >= 4 is 27.3 Å². The molecule has 3 rings (SSSR count). The zero-order valence-corrected chi connectivity index (χ0v) is 16.1. The number of sulfonamides is 1. The highest BCUT2D eigenvalue weighted by Gasteiger charge is 2.29. The largest absolute Gasteiger partial charge is 0.482 e. The van der Waals surface area contributed by atoms with Crippen LogP contribution in [-0.4, -0.2) is 43.9 Å². The molecule has 2 aromatic carbocycles. The molecule has 0 radical (unpaired) electrons. The van der Waals surface area contributed by atoms with Crippen molar-refractivity contribution in [2.45, 2.75) is 11.5 Å². The molecule has 1 heterocycles. The molecule has 0 amide bonds. The number of ether oxygens (including phenoxy) is 2. The molecule has 0 aliphatic carbocycles. The summed E-state index contributed by atoms with van der Waals surface area (Å²) in [4.78, 5) is 10.5. The first-order valence-electron chi connectivity index (χ1n) is 8.22. The highest BCUT2D eigenvalue weighted by molar-refractivity contribution is 7.89. The van der Waals surface area contributed by atoms with Gasteiger partial charge in [0.15, 0.2) is 5.75 Å². The second-order valence-electron chi connectivity index (χ2n) is 5.93. The van der Waals surface area contributed by atoms with Crippen LogP contribution in [0.5, 0.6) is 5.75 Å². The van der Waals surface area contributed by atoms with Crippen molar-refractivity contribution in [3.05, 3.63) is 62.9 Å². The van der Waals surface area contributed by atoms with Crippen LogP contribution in [0, 0.1) is 15.9 Å². The Hall–Kier alpha value is -2.27. The van der Waals surface area contributed by atoms with E-state index in [0.717, 1.165) is 12.1 Å². The van der Waals surface area contributed by atoms with Crippen LogP contribution >= 0.6 is 11.6 Å². The molecule has 0 aromatic heterocycles. The second-order valence-corrected chi connectivity index (χ2v) is 8.27. The maximum Gasteiger partial charge on any atom is 0.312 e. The predicted octanol–water partition coefficient (Wildman–Crippen LogP) is 2.99. The molecule has 1 saturated heterocycles. The number of halogens is 2. The Morgan fingerprint density at radius 3 is 2.57 bits per heavy atom. The van der Waals surface area contributed by atoms with Crippen molar-refractivity contribution < 1.29 is 27.2 Å². The molecule has 0 saturated carbocycles. The predicted molar refractivity (Wildman–Crippen MR) is 98.4 cm³/mol. The maximum absolute atomic E-state index is 13.1. The smallest absolute Gasteiger partial charge is 0.312 e. The number of nitrogens with zero attached hydrogens (tertiary/aromatic N) is 2. The average molecular weight is 431 g/mol. The number of morpholine rings is 1. The van der Waals surface area contributed by atoms with Gasteiger partial charge in [0, 0.05) is 24.7 Å². The van der Waals surface area contributed by atoms with Crippen LogP contribution in [0.1, 0.15) is 5.56 Å². The molecule has 1 aliphatic heterocycles. The van der Waals surface area contributed by atoms with Crippen molar-refractivity contribution in [1.29, 1.82) is 0 Å². The SMILES string of the molecule is O=[N+]([O-])c1cc(S(=O)(=O)N2CCOCC2)ccc1OCc1ccc(F)cc1Cl. The standard InChI is InChI=1S/C17H16ClFN2O6S/c18-15-9-13(19)2-1-12(15)11-27-17-4-3-14(10-16(17)21(22)23)28(24,25)20-5-7-26-8-6-20/h1-4,9-10H,5-8,11H2. The molecule has 11 heteroatoms. The third kappa shape index (κ3) is 4.41. The Morgan fingerprint density at radius 1 is 1.21 bits per heavy atom. The quantitative estimate of drug-likeness (QED) is 0.516. The van der Waals surface area contributed by atoms with Crippen molar-refractivity contribution in [2.24, 2.45) is 0 Å². The fraction of sp³-hybridized carbons (Fsp3) is 0.294. The lowest BCUT2D eigenvalue weighted by Gasteiger charge is -2.26. The molecule has 0 spiro atoms. The molecular weight excluding hydrogens is 415 g/mol. The summed E-state index contributed by atoms with van der Waals surface area (Å²) in [7, 11) is -3.88. The lowest BCUT2D eigenvalue weighted by Crippen LogP contribution is -2.40. The van der Waals surface area contributed by atoms with Crippen LogP contribution in [0.15, 0.2) is 41.3 Å². The van der Waals surface area contributed by atoms with Gasteiger partial charge in [-0.25, -0.2) is 12.8 Å². The summed E-state index contributed by atoms with van der Waals surface area (Å²) < 4.78 is 50.3. The maximum atomic E-state index is 13.1. The monoisotopic (exact) mass is 430 g/mol. The Bertz CT molecular complexity index is 995. The van der Waals surface area contributed by atoms with Gasteiger partial charge in [0.2, 0.25) is 10.0 Å². The number of hydrogen-bond acceptors (Lipinski definition) is 6. The molecule has 28 heavy (non-hydrogen) atoms. The summed E-state index contributed by atoms with van der Waals surface area (Å²) >= 11 is 5.92. The molecule has 0 atom stereocenters. The fourth-order valence-electron chi connectivity index (χ4n) is 2.65. The van der Waals surface area contributed by atoms with Crippen LogP contribution in [0.2, 0.25) is 5.02 Å². The topological polar surface area (TPSA) is 99.0 Å². The van der Waals surface area contributed by atoms with Crippen molar-refractivity contribution in [3.8, 4) is 5.75 Å². The first-order valence-corrected chi connectivity index (χ1v) is 10.0. The Morgan fingerprint density at radius 2 is 1.93 bits per heavy atom. The second kappa shape index (κ2) is 8.39. The van der Waals surface area contributed by atoms with Gasteiger partial charge in [-0.3, -0.25) is 10.1 Å². The molecular formula is C17H16ClFN2O6S. The minimum atomic E-state index is -3.88. The first-order chi connectivity index (χ1) is 13.3. The fourth-order valence-corrected chi connectivity index (χ4v) is 4.30. The molecule has 8 nitrogen and oxygen atoms in total. The third-order valence-corrected chi connectivity index (χ3v) is 6.38. The van der Waals surface area contributed by atoms with E-state index in [4.69, 9.17) is 21.1 Å². The molecule has 0 N–H and O–H groups in total. The van der Waals surface area contributed by atoms with E-state index in [9.17, 15) is 22.9 Å². The van der Waals surface area contributed by atoms with Crippen molar-refractivity contribution in [2.75, 3.05) is 26.3 Å². The van der Waals surface area contributed by atoms with Gasteiger partial charge in [0.25, 0.3) is 0 Å². The van der Waals surface area contributed by atoms with Gasteiger partial charge in [-0.15, -0.1) is 0 Å². The third-order valence-electron chi connectivity index (χ3n) is 4.13. The van der Waals surface area contributed by atoms with Crippen molar-refractivity contribution in [1.82, 2.24) is 4.31 Å². The number of nitro groups is 1. The van der Waals surface area contributed by atoms with Crippen LogP contribution < -0.4 is 4.74 Å². The van der Waals surface area contributed by atoms with E-state index in [1.807, 2.05) is 0 Å². The zero-order chi connectivity index (χ0) is 20.3. The number of benzene rings is 2. The van der Waals surface area contributed by atoms with Crippen LogP contribution in [0.4, 0.5) is 10.1 Å². The summed E-state index contributed by atoms with van der Waals surface area (Å²) in [6.07, 6.45) is 0. The van der Waals surface area contributed by atoms with Crippen LogP contribution in [-0.2, 0) is 21.4 Å². The Labute approximate surface area is 165 Å². The van der Waals surface area contributed by atoms with E-state index >= 15 is 0 Å². The molecule has 150 valence electrons. The van der Waals surface area contributed by atoms with Gasteiger partial charge >= 0.3 is 5.69 Å². The van der Waals surface area contributed by atoms with Crippen LogP contribution in [0.3, 0.4) is 0 Å². The van der Waals surface area contributed by atoms with E-state index in [1.54, 1.807) is 0 Å². The summed E-state index contributed by atoms with van der Waals surface area (Å²) in [6, 6.07) is 7.14. The van der Waals surface area contributed by atoms with Gasteiger partial charge in [-0.2, -0.15) is 4.31 Å². The van der Waals surface area contributed by atoms with Gasteiger partial charge in [0.05, 0.1) is 28.1 Å². The summed E-state index contributed by atoms with van der Waals surface area (Å²) in [5, 5.41) is 11.5. The van der Waals surface area contributed by atoms with Crippen molar-refractivity contribution in [3.63, 3.8) is 0 Å². The number of nitro benzene ring substituents is 1. The Kier molecular flexibility index (Phi) is 6.14. The lowest BCUT2D eigenvalue weighted by atomic mass is 10.2. The molecule has 1 aliphatic rings. The minimum Gasteiger partial charge on any atom is -0.482 e.